The molecule has 4 aromatic heterocycles. The molecule has 2 amide bonds. The van der Waals surface area contributed by atoms with E-state index < -0.39 is 0 Å². The standard InChI is InChI=1S/C27H22ClN5O2S.C19H14ClN5OS/c1-17-6-5-7-20(28)25(17)33(16-18-10-12-19(35-2)13-11-18)26(34)23-14-30-27(36-23)32-24-15-29-21-8-3-4-9-22(21)31-24;1-11-5-4-6-12(20)17(11)25-18(26)15-9-22-19(27-15)24-16-10-21-13-7-2-3-8-14(13)23-16/h3-15H,16H2,1-2H3,(H,30,31,32);2-10H,1H3,(H,25,26)(H,22,23,24). The zero-order valence-corrected chi connectivity index (χ0v) is 37.0. The van der Waals surface area contributed by atoms with E-state index in [2.05, 4.69) is 45.9 Å². The fourth-order valence-corrected chi connectivity index (χ4v) is 8.43. The van der Waals surface area contributed by atoms with Gasteiger partial charge < -0.3 is 25.6 Å². The van der Waals surface area contributed by atoms with Crippen LogP contribution >= 0.6 is 45.9 Å². The molecule has 0 aliphatic carbocycles. The Morgan fingerprint density at radius 1 is 0.619 bits per heavy atom. The van der Waals surface area contributed by atoms with E-state index in [4.69, 9.17) is 27.9 Å². The summed E-state index contributed by atoms with van der Waals surface area (Å²) in [6.45, 7) is 4.16. The van der Waals surface area contributed by atoms with E-state index in [9.17, 15) is 9.59 Å². The lowest BCUT2D eigenvalue weighted by Gasteiger charge is -2.25. The second kappa shape index (κ2) is 19.3. The lowest BCUT2D eigenvalue weighted by molar-refractivity contribution is 0.0987. The molecule has 0 radical (unpaired) electrons. The summed E-state index contributed by atoms with van der Waals surface area (Å²) in [6, 6.07) is 33.9. The highest BCUT2D eigenvalue weighted by Crippen LogP contribution is 2.34. The molecule has 0 saturated carbocycles. The molecule has 0 bridgehead atoms. The van der Waals surface area contributed by atoms with Crippen molar-refractivity contribution < 1.29 is 14.3 Å². The number of para-hydroxylation sites is 6. The molecule has 9 aromatic rings. The molecule has 0 atom stereocenters. The van der Waals surface area contributed by atoms with Crippen LogP contribution in [0.25, 0.3) is 22.1 Å². The number of amides is 2. The van der Waals surface area contributed by atoms with Gasteiger partial charge in [-0.1, -0.05) is 107 Å². The maximum atomic E-state index is 13.8. The van der Waals surface area contributed by atoms with Gasteiger partial charge in [-0.05, 0) is 79.1 Å². The molecule has 0 aliphatic rings. The highest BCUT2D eigenvalue weighted by molar-refractivity contribution is 7.18. The van der Waals surface area contributed by atoms with Gasteiger partial charge >= 0.3 is 0 Å². The number of benzene rings is 5. The zero-order chi connectivity index (χ0) is 43.9. The number of hydrogen-bond acceptors (Lipinski definition) is 13. The summed E-state index contributed by atoms with van der Waals surface area (Å²) in [6.07, 6.45) is 6.37. The maximum Gasteiger partial charge on any atom is 0.270 e. The molecule has 0 fully saturated rings. The van der Waals surface area contributed by atoms with Crippen LogP contribution in [0.4, 0.5) is 33.3 Å². The number of methoxy groups -OCH3 is 1. The number of fused-ring (bicyclic) bond motifs is 2. The Bertz CT molecular complexity index is 3050. The summed E-state index contributed by atoms with van der Waals surface area (Å²) in [5.74, 6) is 1.41. The number of carbonyl (C=O) groups excluding carboxylic acids is 2. The number of thiazole rings is 2. The molecule has 4 heterocycles. The Morgan fingerprint density at radius 2 is 1.16 bits per heavy atom. The fourth-order valence-electron chi connectivity index (χ4n) is 6.35. The minimum absolute atomic E-state index is 0.197. The van der Waals surface area contributed by atoms with E-state index in [1.807, 2.05) is 111 Å². The van der Waals surface area contributed by atoms with Gasteiger partial charge in [0.05, 0.1) is 81.9 Å². The average Bonchev–Trinajstić information content (AvgIpc) is 3.97. The van der Waals surface area contributed by atoms with Gasteiger partial charge in [0, 0.05) is 0 Å². The molecule has 5 aromatic carbocycles. The van der Waals surface area contributed by atoms with Crippen molar-refractivity contribution in [3.05, 3.63) is 170 Å². The second-order valence-corrected chi connectivity index (χ2v) is 16.7. The Kier molecular flexibility index (Phi) is 13.1. The van der Waals surface area contributed by atoms with Crippen LogP contribution in [0.3, 0.4) is 0 Å². The first kappa shape index (κ1) is 42.6. The quantitative estimate of drug-likeness (QED) is 0.113. The summed E-state index contributed by atoms with van der Waals surface area (Å²) in [7, 11) is 1.62. The predicted molar refractivity (Wildman–Crippen MR) is 254 cm³/mol. The zero-order valence-electron chi connectivity index (χ0n) is 33.8. The van der Waals surface area contributed by atoms with Crippen molar-refractivity contribution >= 4 is 113 Å². The van der Waals surface area contributed by atoms with Crippen molar-refractivity contribution in [1.29, 1.82) is 0 Å². The van der Waals surface area contributed by atoms with Crippen LogP contribution in [-0.4, -0.2) is 48.8 Å². The third-order valence-corrected chi connectivity index (χ3v) is 11.9. The minimum Gasteiger partial charge on any atom is -0.497 e. The Labute approximate surface area is 379 Å². The monoisotopic (exact) mass is 910 g/mol. The van der Waals surface area contributed by atoms with Crippen LogP contribution in [0, 0.1) is 13.8 Å². The first-order valence-electron chi connectivity index (χ1n) is 19.3. The first-order valence-corrected chi connectivity index (χ1v) is 21.7. The number of nitrogens with zero attached hydrogens (tertiary/aromatic N) is 7. The first-order chi connectivity index (χ1) is 30.6. The van der Waals surface area contributed by atoms with E-state index in [1.165, 1.54) is 28.9 Å². The van der Waals surface area contributed by atoms with Crippen molar-refractivity contribution in [2.45, 2.75) is 20.4 Å². The third kappa shape index (κ3) is 10.2. The van der Waals surface area contributed by atoms with Crippen LogP contribution in [-0.2, 0) is 6.54 Å². The fraction of sp³-hybridized carbons (Fsp3) is 0.0870. The summed E-state index contributed by atoms with van der Waals surface area (Å²) in [4.78, 5) is 55.4. The number of aryl methyl sites for hydroxylation is 2. The van der Waals surface area contributed by atoms with Crippen molar-refractivity contribution in [3.63, 3.8) is 0 Å². The number of halogens is 2. The highest BCUT2D eigenvalue weighted by atomic mass is 35.5. The van der Waals surface area contributed by atoms with Crippen molar-refractivity contribution in [2.75, 3.05) is 28.0 Å². The van der Waals surface area contributed by atoms with E-state index in [0.717, 1.165) is 44.5 Å². The van der Waals surface area contributed by atoms with Gasteiger partial charge in [0.25, 0.3) is 11.8 Å². The average molecular weight is 912 g/mol. The summed E-state index contributed by atoms with van der Waals surface area (Å²) < 4.78 is 5.26. The molecular formula is C46H36Cl2N10O3S2. The molecule has 0 aliphatic heterocycles. The van der Waals surface area contributed by atoms with E-state index in [-0.39, 0.29) is 11.8 Å². The van der Waals surface area contributed by atoms with Gasteiger partial charge in [0.2, 0.25) is 0 Å². The normalized spacial score (nSPS) is 10.8. The minimum atomic E-state index is -0.263. The van der Waals surface area contributed by atoms with E-state index >= 15 is 0 Å². The number of nitrogens with one attached hydrogen (secondary N) is 3. The largest absolute Gasteiger partial charge is 0.497 e. The number of anilines is 6. The van der Waals surface area contributed by atoms with E-state index in [1.54, 1.807) is 42.7 Å². The molecule has 314 valence electrons. The van der Waals surface area contributed by atoms with Crippen LogP contribution in [0.15, 0.2) is 134 Å². The number of carbonyl (C=O) groups is 2. The lowest BCUT2D eigenvalue weighted by Crippen LogP contribution is -2.30. The molecular weight excluding hydrogens is 876 g/mol. The highest BCUT2D eigenvalue weighted by Gasteiger charge is 2.24. The van der Waals surface area contributed by atoms with Gasteiger partial charge in [-0.3, -0.25) is 19.6 Å². The van der Waals surface area contributed by atoms with Gasteiger partial charge in [-0.2, -0.15) is 0 Å². The molecule has 3 N–H and O–H groups in total. The Hall–Kier alpha value is -7.04. The van der Waals surface area contributed by atoms with Crippen molar-refractivity contribution in [2.24, 2.45) is 0 Å². The lowest BCUT2D eigenvalue weighted by atomic mass is 10.1. The number of ether oxygens (including phenoxy) is 1. The smallest absolute Gasteiger partial charge is 0.270 e. The van der Waals surface area contributed by atoms with E-state index in [0.29, 0.717) is 59.6 Å². The van der Waals surface area contributed by atoms with Gasteiger partial charge in [-0.15, -0.1) is 0 Å². The molecule has 0 unspecified atom stereocenters. The number of hydrogen-bond donors (Lipinski definition) is 3. The Balaban J connectivity index is 0.000000180. The summed E-state index contributed by atoms with van der Waals surface area (Å²) in [5.41, 5.74) is 7.19. The SMILES string of the molecule is COc1ccc(CN(C(=O)c2cnc(Nc3cnc4ccccc4n3)s2)c2c(C)cccc2Cl)cc1.Cc1cccc(Cl)c1NC(=O)c1cnc(Nc2cnc3ccccc3n2)s1. The van der Waals surface area contributed by atoms with Crippen LogP contribution in [0.1, 0.15) is 36.0 Å². The molecule has 63 heavy (non-hydrogen) atoms. The third-order valence-electron chi connectivity index (χ3n) is 9.48. The van der Waals surface area contributed by atoms with Gasteiger partial charge in [-0.25, -0.2) is 19.9 Å². The van der Waals surface area contributed by atoms with Crippen molar-refractivity contribution in [1.82, 2.24) is 29.9 Å². The van der Waals surface area contributed by atoms with Gasteiger partial charge in [0.1, 0.15) is 15.5 Å². The molecule has 13 nitrogen and oxygen atoms in total. The molecule has 9 rings (SSSR count). The number of aromatic nitrogens is 6. The summed E-state index contributed by atoms with van der Waals surface area (Å²) >= 11 is 15.2. The second-order valence-electron chi connectivity index (χ2n) is 13.8. The summed E-state index contributed by atoms with van der Waals surface area (Å²) in [5, 5.41) is 11.2. The predicted octanol–water partition coefficient (Wildman–Crippen LogP) is 11.7. The van der Waals surface area contributed by atoms with Crippen molar-refractivity contribution in [3.8, 4) is 5.75 Å². The van der Waals surface area contributed by atoms with Crippen LogP contribution in [0.5, 0.6) is 5.75 Å². The van der Waals surface area contributed by atoms with Crippen LogP contribution in [0.2, 0.25) is 10.0 Å². The molecule has 0 saturated heterocycles. The molecule has 17 heteroatoms. The van der Waals surface area contributed by atoms with Crippen LogP contribution < -0.4 is 25.6 Å². The Morgan fingerprint density at radius 3 is 1.73 bits per heavy atom. The number of rotatable bonds is 11. The topological polar surface area (TPSA) is 160 Å². The van der Waals surface area contributed by atoms with Gasteiger partial charge in [0.15, 0.2) is 21.9 Å². The molecule has 0 spiro atoms. The maximum absolute atomic E-state index is 13.8.